The van der Waals surface area contributed by atoms with E-state index in [4.69, 9.17) is 23.8 Å². The quantitative estimate of drug-likeness (QED) is 0.623. The fourth-order valence-corrected chi connectivity index (χ4v) is 2.84. The second kappa shape index (κ2) is 8.14. The molecule has 0 fully saturated rings. The summed E-state index contributed by atoms with van der Waals surface area (Å²) in [6.45, 7) is 2.78. The van der Waals surface area contributed by atoms with Crippen LogP contribution in [0.5, 0.6) is 0 Å². The monoisotopic (exact) mass is 370 g/mol. The summed E-state index contributed by atoms with van der Waals surface area (Å²) in [5, 5.41) is 11.6. The molecule has 1 aromatic heterocycles. The first-order valence-electron chi connectivity index (χ1n) is 8.08. The van der Waals surface area contributed by atoms with Crippen molar-refractivity contribution in [3.63, 3.8) is 0 Å². The van der Waals surface area contributed by atoms with Gasteiger partial charge in [0.2, 0.25) is 0 Å². The van der Waals surface area contributed by atoms with Crippen molar-refractivity contribution in [2.75, 3.05) is 10.6 Å². The minimum absolute atomic E-state index is 0.455. The van der Waals surface area contributed by atoms with E-state index in [2.05, 4.69) is 46.9 Å². The molecule has 6 heteroatoms. The van der Waals surface area contributed by atoms with Crippen LogP contribution in [-0.4, -0.2) is 14.9 Å². The zero-order valence-electron chi connectivity index (χ0n) is 13.9. The third kappa shape index (κ3) is 4.81. The van der Waals surface area contributed by atoms with Gasteiger partial charge in [0.25, 0.3) is 0 Å². The highest BCUT2D eigenvalue weighted by molar-refractivity contribution is 7.80. The Bertz CT molecular complexity index is 844. The van der Waals surface area contributed by atoms with E-state index in [1.165, 1.54) is 5.56 Å². The number of aromatic nitrogens is 2. The fraction of sp³-hybridized carbons (Fsp3) is 0.158. The molecule has 0 spiro atoms. The van der Waals surface area contributed by atoms with E-state index in [-0.39, 0.29) is 0 Å². The third-order valence-corrected chi connectivity index (χ3v) is 4.24. The molecule has 0 amide bonds. The average Bonchev–Trinajstić information content (AvgIpc) is 2.95. The zero-order valence-corrected chi connectivity index (χ0v) is 15.4. The van der Waals surface area contributed by atoms with Crippen LogP contribution >= 0.6 is 23.8 Å². The molecule has 0 bridgehead atoms. The van der Waals surface area contributed by atoms with Crippen molar-refractivity contribution in [3.8, 4) is 0 Å². The SMILES string of the molecule is CCc1ccc(NC(=S)Nc2nn(Cc3ccccc3)cc2Cl)cc1. The van der Waals surface area contributed by atoms with Gasteiger partial charge in [0, 0.05) is 11.9 Å². The van der Waals surface area contributed by atoms with Crippen LogP contribution in [0.3, 0.4) is 0 Å². The van der Waals surface area contributed by atoms with Gasteiger partial charge < -0.3 is 10.6 Å². The first-order chi connectivity index (χ1) is 12.1. The number of nitrogens with zero attached hydrogens (tertiary/aromatic N) is 2. The number of hydrogen-bond acceptors (Lipinski definition) is 2. The summed E-state index contributed by atoms with van der Waals surface area (Å²) < 4.78 is 1.79. The topological polar surface area (TPSA) is 41.9 Å². The maximum Gasteiger partial charge on any atom is 0.176 e. The van der Waals surface area contributed by atoms with Crippen LogP contribution in [0.15, 0.2) is 60.8 Å². The Morgan fingerprint density at radius 1 is 1.04 bits per heavy atom. The summed E-state index contributed by atoms with van der Waals surface area (Å²) in [6, 6.07) is 18.3. The van der Waals surface area contributed by atoms with Crippen LogP contribution in [0.2, 0.25) is 5.02 Å². The van der Waals surface area contributed by atoms with Gasteiger partial charge in [-0.15, -0.1) is 0 Å². The molecule has 3 aromatic rings. The lowest BCUT2D eigenvalue weighted by Crippen LogP contribution is -2.19. The van der Waals surface area contributed by atoms with Crippen LogP contribution in [0.1, 0.15) is 18.1 Å². The van der Waals surface area contributed by atoms with Gasteiger partial charge in [0.05, 0.1) is 6.54 Å². The third-order valence-electron chi connectivity index (χ3n) is 3.76. The molecule has 0 atom stereocenters. The summed E-state index contributed by atoms with van der Waals surface area (Å²) in [6.07, 6.45) is 2.80. The second-order valence-corrected chi connectivity index (χ2v) is 6.45. The highest BCUT2D eigenvalue weighted by atomic mass is 35.5. The number of halogens is 1. The molecule has 25 heavy (non-hydrogen) atoms. The van der Waals surface area contributed by atoms with Gasteiger partial charge >= 0.3 is 0 Å². The maximum absolute atomic E-state index is 6.26. The van der Waals surface area contributed by atoms with Crippen molar-refractivity contribution < 1.29 is 0 Å². The molecule has 4 nitrogen and oxygen atoms in total. The zero-order chi connectivity index (χ0) is 17.6. The Kier molecular flexibility index (Phi) is 5.68. The van der Waals surface area contributed by atoms with Gasteiger partial charge in [-0.1, -0.05) is 61.0 Å². The Labute approximate surface area is 157 Å². The Morgan fingerprint density at radius 3 is 2.44 bits per heavy atom. The highest BCUT2D eigenvalue weighted by Crippen LogP contribution is 2.20. The molecule has 0 aliphatic rings. The lowest BCUT2D eigenvalue weighted by atomic mass is 10.1. The van der Waals surface area contributed by atoms with Crippen molar-refractivity contribution in [1.29, 1.82) is 0 Å². The first-order valence-corrected chi connectivity index (χ1v) is 8.86. The predicted molar refractivity (Wildman–Crippen MR) is 108 cm³/mol. The van der Waals surface area contributed by atoms with Crippen molar-refractivity contribution in [2.24, 2.45) is 0 Å². The van der Waals surface area contributed by atoms with E-state index >= 15 is 0 Å². The summed E-state index contributed by atoms with van der Waals surface area (Å²) in [5.74, 6) is 0.542. The van der Waals surface area contributed by atoms with Crippen LogP contribution < -0.4 is 10.6 Å². The van der Waals surface area contributed by atoms with E-state index in [1.807, 2.05) is 30.3 Å². The average molecular weight is 371 g/mol. The number of benzene rings is 2. The van der Waals surface area contributed by atoms with Gasteiger partial charge in [-0.25, -0.2) is 0 Å². The molecule has 0 radical (unpaired) electrons. The minimum atomic E-state index is 0.455. The van der Waals surface area contributed by atoms with E-state index in [1.54, 1.807) is 10.9 Å². The molecule has 3 rings (SSSR count). The number of rotatable bonds is 5. The maximum atomic E-state index is 6.26. The Morgan fingerprint density at radius 2 is 1.76 bits per heavy atom. The van der Waals surface area contributed by atoms with Crippen LogP contribution in [0.4, 0.5) is 11.5 Å². The summed E-state index contributed by atoms with van der Waals surface area (Å²) in [7, 11) is 0. The molecular weight excluding hydrogens is 352 g/mol. The van der Waals surface area contributed by atoms with Gasteiger partial charge in [-0.05, 0) is 41.9 Å². The number of nitrogens with one attached hydrogen (secondary N) is 2. The molecule has 0 saturated carbocycles. The van der Waals surface area contributed by atoms with Crippen molar-refractivity contribution in [1.82, 2.24) is 9.78 Å². The van der Waals surface area contributed by atoms with Crippen LogP contribution in [0.25, 0.3) is 0 Å². The van der Waals surface area contributed by atoms with E-state index in [9.17, 15) is 0 Å². The predicted octanol–water partition coefficient (Wildman–Crippen LogP) is 4.96. The number of hydrogen-bond donors (Lipinski definition) is 2. The molecule has 0 aliphatic heterocycles. The number of anilines is 2. The molecule has 0 unspecified atom stereocenters. The Hall–Kier alpha value is -2.37. The first kappa shape index (κ1) is 17.5. The summed E-state index contributed by atoms with van der Waals surface area (Å²) in [5.41, 5.74) is 3.37. The smallest absolute Gasteiger partial charge is 0.176 e. The standard InChI is InChI=1S/C19H19ClN4S/c1-2-14-8-10-16(11-9-14)21-19(25)22-18-17(20)13-24(23-18)12-15-6-4-3-5-7-15/h3-11,13H,2,12H2,1H3,(H2,21,22,23,25). The molecule has 2 aromatic carbocycles. The van der Waals surface area contributed by atoms with E-state index < -0.39 is 0 Å². The molecule has 0 saturated heterocycles. The number of aryl methyl sites for hydroxylation is 1. The molecule has 1 heterocycles. The van der Waals surface area contributed by atoms with Gasteiger partial charge in [0.15, 0.2) is 10.9 Å². The van der Waals surface area contributed by atoms with Gasteiger partial charge in [-0.2, -0.15) is 5.10 Å². The minimum Gasteiger partial charge on any atom is -0.332 e. The summed E-state index contributed by atoms with van der Waals surface area (Å²) >= 11 is 11.6. The van der Waals surface area contributed by atoms with Gasteiger partial charge in [0.1, 0.15) is 5.02 Å². The normalized spacial score (nSPS) is 10.5. The number of thiocarbonyl (C=S) groups is 1. The second-order valence-electron chi connectivity index (χ2n) is 5.64. The highest BCUT2D eigenvalue weighted by Gasteiger charge is 2.09. The lowest BCUT2D eigenvalue weighted by molar-refractivity contribution is 0.690. The fourth-order valence-electron chi connectivity index (χ4n) is 2.43. The molecular formula is C19H19ClN4S. The molecule has 2 N–H and O–H groups in total. The largest absolute Gasteiger partial charge is 0.332 e. The lowest BCUT2D eigenvalue weighted by Gasteiger charge is -2.09. The van der Waals surface area contributed by atoms with Crippen LogP contribution in [-0.2, 0) is 13.0 Å². The van der Waals surface area contributed by atoms with E-state index in [0.717, 1.165) is 17.7 Å². The Balaban J connectivity index is 1.62. The van der Waals surface area contributed by atoms with Crippen molar-refractivity contribution >= 4 is 40.4 Å². The molecule has 128 valence electrons. The van der Waals surface area contributed by atoms with Gasteiger partial charge in [-0.3, -0.25) is 4.68 Å². The van der Waals surface area contributed by atoms with Crippen molar-refractivity contribution in [3.05, 3.63) is 76.9 Å². The van der Waals surface area contributed by atoms with Crippen molar-refractivity contribution in [2.45, 2.75) is 19.9 Å². The van der Waals surface area contributed by atoms with Crippen LogP contribution in [0, 0.1) is 0 Å². The molecule has 0 aliphatic carbocycles. The summed E-state index contributed by atoms with van der Waals surface area (Å²) in [4.78, 5) is 0. The van der Waals surface area contributed by atoms with E-state index in [0.29, 0.717) is 22.5 Å².